The van der Waals surface area contributed by atoms with Gasteiger partial charge in [0.2, 0.25) is 0 Å². The zero-order chi connectivity index (χ0) is 12.1. The van der Waals surface area contributed by atoms with Crippen molar-refractivity contribution in [2.24, 2.45) is 0 Å². The molecule has 0 radical (unpaired) electrons. The lowest BCUT2D eigenvalue weighted by atomic mass is 10.1. The number of nitrogens with zero attached hydrogens (tertiary/aromatic N) is 1. The molecule has 1 rings (SSSR count). The molecule has 16 heavy (non-hydrogen) atoms. The van der Waals surface area contributed by atoms with E-state index < -0.39 is 17.8 Å². The van der Waals surface area contributed by atoms with Gasteiger partial charge in [-0.3, -0.25) is 4.79 Å². The average Bonchev–Trinajstić information content (AvgIpc) is 2.28. The van der Waals surface area contributed by atoms with E-state index in [2.05, 4.69) is 9.97 Å². The van der Waals surface area contributed by atoms with Gasteiger partial charge in [-0.15, -0.1) is 11.6 Å². The highest BCUT2D eigenvalue weighted by Gasteiger charge is 2.21. The van der Waals surface area contributed by atoms with Gasteiger partial charge in [-0.1, -0.05) is 11.8 Å². The average molecular weight is 265 g/mol. The molecule has 0 aliphatic carbocycles. The topological polar surface area (TPSA) is 86.2 Å². The maximum atomic E-state index is 11.5. The number of hydrogen-bond donors (Lipinski definition) is 3. The van der Waals surface area contributed by atoms with Gasteiger partial charge in [0.25, 0.3) is 5.56 Å². The number of aliphatic hydroxyl groups excluding tert-OH is 2. The van der Waals surface area contributed by atoms with Crippen LogP contribution in [0.1, 0.15) is 18.1 Å². The summed E-state index contributed by atoms with van der Waals surface area (Å²) in [5, 5.41) is 19.7. The van der Waals surface area contributed by atoms with Crippen molar-refractivity contribution in [3.63, 3.8) is 0 Å². The zero-order valence-electron chi connectivity index (χ0n) is 8.68. The number of hydrogen-bond acceptors (Lipinski definition) is 5. The van der Waals surface area contributed by atoms with E-state index in [-0.39, 0.29) is 17.9 Å². The third kappa shape index (κ3) is 3.21. The van der Waals surface area contributed by atoms with Crippen LogP contribution in [0.25, 0.3) is 0 Å². The highest BCUT2D eigenvalue weighted by atomic mass is 35.5. The van der Waals surface area contributed by atoms with Gasteiger partial charge in [-0.25, -0.2) is 4.98 Å². The van der Waals surface area contributed by atoms with Gasteiger partial charge in [-0.05, 0) is 12.7 Å². The third-order valence-corrected chi connectivity index (χ3v) is 2.90. The Morgan fingerprint density at radius 3 is 2.81 bits per heavy atom. The molecule has 1 aromatic rings. The number of thioether (sulfide) groups is 1. The van der Waals surface area contributed by atoms with E-state index in [9.17, 15) is 15.0 Å². The fraction of sp³-hybridized carbons (Fsp3) is 0.556. The van der Waals surface area contributed by atoms with Gasteiger partial charge in [-0.2, -0.15) is 0 Å². The minimum Gasteiger partial charge on any atom is -0.390 e. The lowest BCUT2D eigenvalue weighted by Gasteiger charge is -2.15. The molecule has 0 aromatic carbocycles. The van der Waals surface area contributed by atoms with Crippen molar-refractivity contribution >= 4 is 23.4 Å². The Balaban J connectivity index is 2.91. The van der Waals surface area contributed by atoms with E-state index in [1.54, 1.807) is 6.26 Å². The largest absolute Gasteiger partial charge is 0.390 e. The molecule has 5 nitrogen and oxygen atoms in total. The fourth-order valence-electron chi connectivity index (χ4n) is 1.18. The first kappa shape index (κ1) is 13.5. The van der Waals surface area contributed by atoms with Crippen LogP contribution in [0.3, 0.4) is 0 Å². The molecular formula is C9H13ClN2O3S. The molecule has 3 N–H and O–H groups in total. The number of aromatic amines is 1. The first-order chi connectivity index (χ1) is 7.60. The molecule has 1 aromatic heterocycles. The van der Waals surface area contributed by atoms with Crippen LogP contribution in [0.15, 0.2) is 16.1 Å². The van der Waals surface area contributed by atoms with Crippen LogP contribution in [-0.4, -0.2) is 38.4 Å². The number of aliphatic hydroxyl groups is 2. The third-order valence-electron chi connectivity index (χ3n) is 2.08. The van der Waals surface area contributed by atoms with E-state index >= 15 is 0 Å². The number of alkyl halides is 1. The maximum absolute atomic E-state index is 11.5. The predicted molar refractivity (Wildman–Crippen MR) is 62.9 cm³/mol. The summed E-state index contributed by atoms with van der Waals surface area (Å²) in [6.07, 6.45) is 0.946. The van der Waals surface area contributed by atoms with E-state index in [1.807, 2.05) is 0 Å². The highest BCUT2D eigenvalue weighted by molar-refractivity contribution is 7.98. The van der Waals surface area contributed by atoms with E-state index in [0.29, 0.717) is 5.16 Å². The van der Waals surface area contributed by atoms with Gasteiger partial charge >= 0.3 is 0 Å². The molecule has 2 atom stereocenters. The minimum absolute atomic E-state index is 0.0513. The fourth-order valence-corrected chi connectivity index (χ4v) is 1.76. The van der Waals surface area contributed by atoms with E-state index in [1.165, 1.54) is 18.0 Å². The van der Waals surface area contributed by atoms with Crippen molar-refractivity contribution in [1.82, 2.24) is 9.97 Å². The lowest BCUT2D eigenvalue weighted by Crippen LogP contribution is -2.26. The molecule has 90 valence electrons. The van der Waals surface area contributed by atoms with Crippen molar-refractivity contribution in [2.45, 2.75) is 23.8 Å². The number of aromatic nitrogens is 2. The van der Waals surface area contributed by atoms with Crippen molar-refractivity contribution in [2.75, 3.05) is 12.1 Å². The van der Waals surface area contributed by atoms with Crippen molar-refractivity contribution in [3.05, 3.63) is 22.1 Å². The van der Waals surface area contributed by atoms with Crippen LogP contribution in [0.4, 0.5) is 0 Å². The van der Waals surface area contributed by atoms with Crippen LogP contribution in [0, 0.1) is 0 Å². The summed E-state index contributed by atoms with van der Waals surface area (Å²) >= 11 is 6.73. The smallest absolute Gasteiger partial charge is 0.257 e. The maximum Gasteiger partial charge on any atom is 0.257 e. The highest BCUT2D eigenvalue weighted by Crippen LogP contribution is 2.16. The molecule has 0 amide bonds. The second-order valence-electron chi connectivity index (χ2n) is 3.17. The van der Waals surface area contributed by atoms with Crippen LogP contribution >= 0.6 is 23.4 Å². The van der Waals surface area contributed by atoms with E-state index in [4.69, 9.17) is 11.6 Å². The second-order valence-corrected chi connectivity index (χ2v) is 4.34. The molecule has 0 bridgehead atoms. The second kappa shape index (κ2) is 6.24. The normalized spacial score (nSPS) is 14.8. The van der Waals surface area contributed by atoms with Crippen LogP contribution in [-0.2, 0) is 0 Å². The quantitative estimate of drug-likeness (QED) is 0.410. The summed E-state index contributed by atoms with van der Waals surface area (Å²) < 4.78 is 0. The van der Waals surface area contributed by atoms with Gasteiger partial charge in [0.15, 0.2) is 5.16 Å². The molecule has 1 heterocycles. The summed E-state index contributed by atoms with van der Waals surface area (Å²) in [5.41, 5.74) is -0.393. The standard InChI is InChI=1S/C9H13ClN2O3S/c1-16-9-11-4-5(8(15)12-9)7(14)6(13)2-3-10/h4,6-7,13-14H,2-3H2,1H3,(H,11,12,15). The Morgan fingerprint density at radius 2 is 2.31 bits per heavy atom. The predicted octanol–water partition coefficient (Wildman–Crippen LogP) is 0.515. The molecule has 0 aliphatic rings. The van der Waals surface area contributed by atoms with E-state index in [0.717, 1.165) is 0 Å². The molecule has 0 spiro atoms. The van der Waals surface area contributed by atoms with Crippen LogP contribution < -0.4 is 5.56 Å². The molecule has 2 unspecified atom stereocenters. The monoisotopic (exact) mass is 264 g/mol. The van der Waals surface area contributed by atoms with Crippen LogP contribution in [0.2, 0.25) is 0 Å². The lowest BCUT2D eigenvalue weighted by molar-refractivity contribution is 0.0158. The van der Waals surface area contributed by atoms with Gasteiger partial charge in [0, 0.05) is 12.1 Å². The van der Waals surface area contributed by atoms with Crippen molar-refractivity contribution in [3.8, 4) is 0 Å². The number of rotatable bonds is 5. The summed E-state index contributed by atoms with van der Waals surface area (Å²) in [4.78, 5) is 18.0. The Bertz CT molecular complexity index is 399. The van der Waals surface area contributed by atoms with Crippen LogP contribution in [0.5, 0.6) is 0 Å². The first-order valence-corrected chi connectivity index (χ1v) is 6.41. The zero-order valence-corrected chi connectivity index (χ0v) is 10.3. The molecule has 0 saturated heterocycles. The molecule has 7 heteroatoms. The molecular weight excluding hydrogens is 252 g/mol. The summed E-state index contributed by atoms with van der Waals surface area (Å²) in [7, 11) is 0. The number of H-pyrrole nitrogens is 1. The van der Waals surface area contributed by atoms with Gasteiger partial charge < -0.3 is 15.2 Å². The number of halogens is 1. The molecule has 0 saturated carbocycles. The Morgan fingerprint density at radius 1 is 1.62 bits per heavy atom. The molecule has 0 aliphatic heterocycles. The Hall–Kier alpha value is -0.560. The summed E-state index contributed by atoms with van der Waals surface area (Å²) in [6, 6.07) is 0. The Labute approximate surface area is 102 Å². The first-order valence-electron chi connectivity index (χ1n) is 4.65. The SMILES string of the molecule is CSc1ncc(C(O)C(O)CCCl)c(=O)[nH]1. The van der Waals surface area contributed by atoms with Gasteiger partial charge in [0.1, 0.15) is 6.10 Å². The minimum atomic E-state index is -1.26. The summed E-state index contributed by atoms with van der Waals surface area (Å²) in [5.74, 6) is 0.215. The van der Waals surface area contributed by atoms with Crippen molar-refractivity contribution in [1.29, 1.82) is 0 Å². The van der Waals surface area contributed by atoms with Crippen molar-refractivity contribution < 1.29 is 10.2 Å². The number of nitrogens with one attached hydrogen (secondary N) is 1. The summed E-state index contributed by atoms with van der Waals surface area (Å²) in [6.45, 7) is 0. The Kier molecular flexibility index (Phi) is 5.27. The van der Waals surface area contributed by atoms with Gasteiger partial charge in [0.05, 0.1) is 11.7 Å². The molecule has 0 fully saturated rings.